The molecule has 0 radical (unpaired) electrons. The van der Waals surface area contributed by atoms with Crippen LogP contribution in [0.2, 0.25) is 0 Å². The molecule has 0 saturated heterocycles. The predicted octanol–water partition coefficient (Wildman–Crippen LogP) is 3.82. The van der Waals surface area contributed by atoms with Gasteiger partial charge in [-0.05, 0) is 55.9 Å². The number of hydrogen-bond acceptors (Lipinski definition) is 2. The molecule has 0 atom stereocenters. The molecule has 0 heterocycles. The lowest BCUT2D eigenvalue weighted by atomic mass is 10.1. The topological polar surface area (TPSA) is 36.4 Å². The molecule has 1 rings (SSSR count). The minimum Gasteiger partial charge on any atom is -0.357 e. The van der Waals surface area contributed by atoms with Crippen molar-refractivity contribution >= 4 is 41.7 Å². The molecule has 0 aliphatic carbocycles. The molecule has 0 saturated carbocycles. The van der Waals surface area contributed by atoms with Gasteiger partial charge >= 0.3 is 0 Å². The number of nitrogens with one attached hydrogen (secondary N) is 2. The maximum absolute atomic E-state index is 13.1. The second-order valence-electron chi connectivity index (χ2n) is 4.92. The smallest absolute Gasteiger partial charge is 0.191 e. The predicted molar refractivity (Wildman–Crippen MR) is 107 cm³/mol. The molecule has 132 valence electrons. The summed E-state index contributed by atoms with van der Waals surface area (Å²) in [5, 5.41) is 6.36. The summed E-state index contributed by atoms with van der Waals surface area (Å²) in [5.74, 6) is 0.835. The molecule has 0 fully saturated rings. The van der Waals surface area contributed by atoms with Gasteiger partial charge in [0.05, 0.1) is 0 Å². The first-order valence-electron chi connectivity index (χ1n) is 7.61. The fraction of sp³-hybridized carbons (Fsp3) is 0.562. The minimum absolute atomic E-state index is 0. The van der Waals surface area contributed by atoms with Gasteiger partial charge in [0.1, 0.15) is 11.6 Å². The Hall–Kier alpha value is -0.570. The summed E-state index contributed by atoms with van der Waals surface area (Å²) in [7, 11) is 0. The molecular formula is C16H26F2IN3S. The van der Waals surface area contributed by atoms with Gasteiger partial charge in [0, 0.05) is 25.7 Å². The van der Waals surface area contributed by atoms with Crippen LogP contribution >= 0.6 is 35.7 Å². The number of hydrogen-bond donors (Lipinski definition) is 2. The lowest BCUT2D eigenvalue weighted by Gasteiger charge is -2.11. The number of halogens is 3. The average molecular weight is 457 g/mol. The molecule has 0 amide bonds. The van der Waals surface area contributed by atoms with Gasteiger partial charge in [0.25, 0.3) is 0 Å². The zero-order valence-corrected chi connectivity index (χ0v) is 16.8. The second kappa shape index (κ2) is 13.8. The average Bonchev–Trinajstić information content (AvgIpc) is 2.46. The maximum Gasteiger partial charge on any atom is 0.191 e. The Morgan fingerprint density at radius 2 is 1.83 bits per heavy atom. The first-order chi connectivity index (χ1) is 10.7. The van der Waals surface area contributed by atoms with Crippen LogP contribution in [0, 0.1) is 11.6 Å². The van der Waals surface area contributed by atoms with E-state index in [1.165, 1.54) is 12.1 Å². The molecule has 0 aliphatic rings. The molecule has 0 bridgehead atoms. The summed E-state index contributed by atoms with van der Waals surface area (Å²) in [5.41, 5.74) is 0.640. The SMILES string of the molecule is CCNC(=NCCCCSC)NCCc1cc(F)cc(F)c1.I. The zero-order valence-electron chi connectivity index (χ0n) is 13.7. The third kappa shape index (κ3) is 10.8. The highest BCUT2D eigenvalue weighted by atomic mass is 127. The normalized spacial score (nSPS) is 11.0. The van der Waals surface area contributed by atoms with Crippen LogP contribution in [0.25, 0.3) is 0 Å². The van der Waals surface area contributed by atoms with Crippen molar-refractivity contribution in [2.75, 3.05) is 31.6 Å². The summed E-state index contributed by atoms with van der Waals surface area (Å²) in [6, 6.07) is 3.60. The van der Waals surface area contributed by atoms with Crippen LogP contribution < -0.4 is 10.6 Å². The largest absolute Gasteiger partial charge is 0.357 e. The fourth-order valence-corrected chi connectivity index (χ4v) is 2.46. The van der Waals surface area contributed by atoms with Crippen LogP contribution in [0.3, 0.4) is 0 Å². The highest BCUT2D eigenvalue weighted by Crippen LogP contribution is 2.08. The van der Waals surface area contributed by atoms with Crippen molar-refractivity contribution in [3.8, 4) is 0 Å². The van der Waals surface area contributed by atoms with Gasteiger partial charge in [-0.3, -0.25) is 4.99 Å². The van der Waals surface area contributed by atoms with E-state index < -0.39 is 11.6 Å². The van der Waals surface area contributed by atoms with E-state index in [2.05, 4.69) is 21.9 Å². The van der Waals surface area contributed by atoms with Gasteiger partial charge < -0.3 is 10.6 Å². The summed E-state index contributed by atoms with van der Waals surface area (Å²) in [6.45, 7) is 4.15. The molecule has 1 aromatic rings. The van der Waals surface area contributed by atoms with E-state index in [0.29, 0.717) is 18.5 Å². The van der Waals surface area contributed by atoms with Gasteiger partial charge in [0.15, 0.2) is 5.96 Å². The summed E-state index contributed by atoms with van der Waals surface area (Å²) < 4.78 is 26.2. The number of aliphatic imine (C=N–C) groups is 1. The van der Waals surface area contributed by atoms with Crippen molar-refractivity contribution in [3.63, 3.8) is 0 Å². The summed E-state index contributed by atoms with van der Waals surface area (Å²) >= 11 is 1.84. The lowest BCUT2D eigenvalue weighted by Crippen LogP contribution is -2.38. The first kappa shape index (κ1) is 22.4. The van der Waals surface area contributed by atoms with Gasteiger partial charge in [-0.15, -0.1) is 24.0 Å². The number of unbranched alkanes of at least 4 members (excludes halogenated alkanes) is 1. The molecule has 2 N–H and O–H groups in total. The van der Waals surface area contributed by atoms with Crippen LogP contribution in [0.4, 0.5) is 8.78 Å². The van der Waals surface area contributed by atoms with Crippen molar-refractivity contribution in [2.45, 2.75) is 26.2 Å². The Bertz CT molecular complexity index is 452. The highest BCUT2D eigenvalue weighted by molar-refractivity contribution is 14.0. The third-order valence-electron chi connectivity index (χ3n) is 3.00. The second-order valence-corrected chi connectivity index (χ2v) is 5.90. The van der Waals surface area contributed by atoms with E-state index in [4.69, 9.17) is 0 Å². The lowest BCUT2D eigenvalue weighted by molar-refractivity contribution is 0.579. The molecule has 7 heteroatoms. The number of benzene rings is 1. The Morgan fingerprint density at radius 1 is 1.13 bits per heavy atom. The molecule has 0 aromatic heterocycles. The van der Waals surface area contributed by atoms with Gasteiger partial charge in [0.2, 0.25) is 0 Å². The molecule has 0 spiro atoms. The Kier molecular flexibility index (Phi) is 13.5. The van der Waals surface area contributed by atoms with Crippen molar-refractivity contribution in [2.24, 2.45) is 4.99 Å². The van der Waals surface area contributed by atoms with E-state index >= 15 is 0 Å². The van der Waals surface area contributed by atoms with E-state index in [-0.39, 0.29) is 24.0 Å². The summed E-state index contributed by atoms with van der Waals surface area (Å²) in [4.78, 5) is 4.49. The van der Waals surface area contributed by atoms with E-state index in [0.717, 1.165) is 43.7 Å². The van der Waals surface area contributed by atoms with Gasteiger partial charge in [-0.25, -0.2) is 8.78 Å². The standard InChI is InChI=1S/C16H25F2N3S.HI/c1-3-19-16(20-7-4-5-9-22-2)21-8-6-13-10-14(17)12-15(18)11-13;/h10-12H,3-9H2,1-2H3,(H2,19,20,21);1H. The molecular weight excluding hydrogens is 431 g/mol. The minimum atomic E-state index is -0.538. The van der Waals surface area contributed by atoms with Crippen LogP contribution in [0.1, 0.15) is 25.3 Å². The number of nitrogens with zero attached hydrogens (tertiary/aromatic N) is 1. The van der Waals surface area contributed by atoms with E-state index in [1.54, 1.807) is 0 Å². The molecule has 23 heavy (non-hydrogen) atoms. The number of thioether (sulfide) groups is 1. The molecule has 1 aromatic carbocycles. The van der Waals surface area contributed by atoms with Crippen molar-refractivity contribution in [1.82, 2.24) is 10.6 Å². The van der Waals surface area contributed by atoms with Crippen LogP contribution in [-0.2, 0) is 6.42 Å². The van der Waals surface area contributed by atoms with Crippen LogP contribution in [0.15, 0.2) is 23.2 Å². The first-order valence-corrected chi connectivity index (χ1v) is 9.01. The van der Waals surface area contributed by atoms with Crippen molar-refractivity contribution in [1.29, 1.82) is 0 Å². The molecule has 0 unspecified atom stereocenters. The van der Waals surface area contributed by atoms with Crippen molar-refractivity contribution in [3.05, 3.63) is 35.4 Å². The van der Waals surface area contributed by atoms with Crippen LogP contribution in [-0.4, -0.2) is 37.6 Å². The molecule has 0 aliphatic heterocycles. The Balaban J connectivity index is 0.00000484. The van der Waals surface area contributed by atoms with Crippen LogP contribution in [0.5, 0.6) is 0 Å². The van der Waals surface area contributed by atoms with Gasteiger partial charge in [-0.2, -0.15) is 11.8 Å². The third-order valence-corrected chi connectivity index (χ3v) is 3.70. The van der Waals surface area contributed by atoms with E-state index in [1.807, 2.05) is 18.7 Å². The Morgan fingerprint density at radius 3 is 2.43 bits per heavy atom. The summed E-state index contributed by atoms with van der Waals surface area (Å²) in [6.07, 6.45) is 4.87. The molecule has 3 nitrogen and oxygen atoms in total. The number of rotatable bonds is 9. The Labute approximate surface area is 159 Å². The van der Waals surface area contributed by atoms with Crippen molar-refractivity contribution < 1.29 is 8.78 Å². The van der Waals surface area contributed by atoms with Gasteiger partial charge in [-0.1, -0.05) is 0 Å². The van der Waals surface area contributed by atoms with E-state index in [9.17, 15) is 8.78 Å². The zero-order chi connectivity index (χ0) is 16.2. The highest BCUT2D eigenvalue weighted by Gasteiger charge is 2.02. The monoisotopic (exact) mass is 457 g/mol. The maximum atomic E-state index is 13.1. The fourth-order valence-electron chi connectivity index (χ4n) is 1.97. The quantitative estimate of drug-likeness (QED) is 0.256. The number of guanidine groups is 1.